The van der Waals surface area contributed by atoms with Crippen molar-refractivity contribution in [3.63, 3.8) is 0 Å². The molecule has 0 aliphatic carbocycles. The fourth-order valence-corrected chi connectivity index (χ4v) is 1.43. The minimum Gasteiger partial charge on any atom is -0.465 e. The summed E-state index contributed by atoms with van der Waals surface area (Å²) in [5, 5.41) is 0. The largest absolute Gasteiger partial charge is 0.465 e. The fourth-order valence-electron chi connectivity index (χ4n) is 0.981. The maximum atomic E-state index is 11.2. The first kappa shape index (κ1) is 12.0. The molecule has 15 heavy (non-hydrogen) atoms. The van der Waals surface area contributed by atoms with Crippen molar-refractivity contribution in [2.75, 3.05) is 7.11 Å². The van der Waals surface area contributed by atoms with Crippen LogP contribution in [0.1, 0.15) is 17.3 Å². The minimum absolute atomic E-state index is 0.356. The Morgan fingerprint density at radius 3 is 2.53 bits per heavy atom. The highest BCUT2D eigenvalue weighted by atomic mass is 127. The third-order valence-corrected chi connectivity index (χ3v) is 2.50. The van der Waals surface area contributed by atoms with E-state index in [-0.39, 0.29) is 0 Å². The Bertz CT molecular complexity index is 400. The summed E-state index contributed by atoms with van der Waals surface area (Å²) < 4.78 is 10.2. The molecule has 1 aromatic rings. The number of esters is 2. The molecule has 4 nitrogen and oxygen atoms in total. The van der Waals surface area contributed by atoms with Gasteiger partial charge in [-0.25, -0.2) is 4.79 Å². The molecule has 0 amide bonds. The van der Waals surface area contributed by atoms with Gasteiger partial charge < -0.3 is 9.47 Å². The summed E-state index contributed by atoms with van der Waals surface area (Å²) in [5.41, 5.74) is 0.356. The van der Waals surface area contributed by atoms with Crippen LogP contribution in [0, 0.1) is 3.57 Å². The van der Waals surface area contributed by atoms with Crippen molar-refractivity contribution in [1.82, 2.24) is 0 Å². The van der Waals surface area contributed by atoms with Crippen molar-refractivity contribution in [1.29, 1.82) is 0 Å². The summed E-state index contributed by atoms with van der Waals surface area (Å²) in [7, 11) is 1.30. The van der Waals surface area contributed by atoms with Crippen LogP contribution >= 0.6 is 22.6 Å². The van der Waals surface area contributed by atoms with Crippen LogP contribution in [0.3, 0.4) is 0 Å². The molecular weight excluding hydrogens is 311 g/mol. The average Bonchev–Trinajstić information content (AvgIpc) is 2.19. The molecule has 0 aromatic heterocycles. The van der Waals surface area contributed by atoms with Crippen molar-refractivity contribution in [2.24, 2.45) is 0 Å². The first-order valence-corrected chi connectivity index (χ1v) is 5.18. The van der Waals surface area contributed by atoms with Crippen LogP contribution in [-0.4, -0.2) is 19.0 Å². The molecule has 0 spiro atoms. The SMILES string of the molecule is COC(=O)c1ccc(I)c(OC(C)=O)c1. The highest BCUT2D eigenvalue weighted by Gasteiger charge is 2.10. The molecule has 0 heterocycles. The van der Waals surface area contributed by atoms with Crippen LogP contribution in [0.4, 0.5) is 0 Å². The van der Waals surface area contributed by atoms with Crippen LogP contribution in [-0.2, 0) is 9.53 Å². The monoisotopic (exact) mass is 320 g/mol. The highest BCUT2D eigenvalue weighted by molar-refractivity contribution is 14.1. The van der Waals surface area contributed by atoms with Gasteiger partial charge in [0.2, 0.25) is 0 Å². The lowest BCUT2D eigenvalue weighted by Crippen LogP contribution is -2.06. The second-order valence-corrected chi connectivity index (χ2v) is 3.89. The van der Waals surface area contributed by atoms with Crippen LogP contribution < -0.4 is 4.74 Å². The number of carbonyl (C=O) groups is 2. The van der Waals surface area contributed by atoms with E-state index in [0.717, 1.165) is 3.57 Å². The molecule has 0 fully saturated rings. The Balaban J connectivity index is 3.05. The molecule has 0 bridgehead atoms. The lowest BCUT2D eigenvalue weighted by Gasteiger charge is -2.05. The van der Waals surface area contributed by atoms with E-state index in [1.54, 1.807) is 12.1 Å². The van der Waals surface area contributed by atoms with Gasteiger partial charge in [-0.15, -0.1) is 0 Å². The number of hydrogen-bond donors (Lipinski definition) is 0. The second kappa shape index (κ2) is 5.11. The van der Waals surface area contributed by atoms with Gasteiger partial charge in [-0.05, 0) is 40.8 Å². The lowest BCUT2D eigenvalue weighted by molar-refractivity contribution is -0.131. The van der Waals surface area contributed by atoms with Crippen molar-refractivity contribution in [3.05, 3.63) is 27.3 Å². The molecule has 0 unspecified atom stereocenters. The van der Waals surface area contributed by atoms with Gasteiger partial charge in [-0.2, -0.15) is 0 Å². The molecule has 0 radical (unpaired) electrons. The molecule has 80 valence electrons. The van der Waals surface area contributed by atoms with Crippen molar-refractivity contribution < 1.29 is 19.1 Å². The van der Waals surface area contributed by atoms with Gasteiger partial charge in [0.1, 0.15) is 5.75 Å². The van der Waals surface area contributed by atoms with Crippen LogP contribution in [0.25, 0.3) is 0 Å². The van der Waals surface area contributed by atoms with Crippen molar-refractivity contribution in [2.45, 2.75) is 6.92 Å². The standard InChI is InChI=1S/C10H9IO4/c1-6(12)15-9-5-7(10(13)14-2)3-4-8(9)11/h3-5H,1-2H3. The number of rotatable bonds is 2. The molecule has 5 heteroatoms. The van der Waals surface area contributed by atoms with Crippen molar-refractivity contribution >= 4 is 34.5 Å². The summed E-state index contributed by atoms with van der Waals surface area (Å²) in [6.07, 6.45) is 0. The molecule has 1 rings (SSSR count). The highest BCUT2D eigenvalue weighted by Crippen LogP contribution is 2.22. The molecule has 0 saturated carbocycles. The summed E-state index contributed by atoms with van der Waals surface area (Å²) in [6.45, 7) is 1.31. The summed E-state index contributed by atoms with van der Waals surface area (Å²) >= 11 is 2.02. The Labute approximate surface area is 101 Å². The predicted molar refractivity (Wildman–Crippen MR) is 61.8 cm³/mol. The van der Waals surface area contributed by atoms with E-state index in [0.29, 0.717) is 11.3 Å². The van der Waals surface area contributed by atoms with Gasteiger partial charge in [-0.1, -0.05) is 0 Å². The number of ether oxygens (including phenoxy) is 2. The van der Waals surface area contributed by atoms with Gasteiger partial charge >= 0.3 is 11.9 Å². The zero-order valence-electron chi connectivity index (χ0n) is 8.24. The summed E-state index contributed by atoms with van der Waals surface area (Å²) in [6, 6.07) is 4.78. The smallest absolute Gasteiger partial charge is 0.337 e. The zero-order chi connectivity index (χ0) is 11.4. The maximum absolute atomic E-state index is 11.2. The van der Waals surface area contributed by atoms with E-state index in [9.17, 15) is 9.59 Å². The molecule has 0 aliphatic rings. The van der Waals surface area contributed by atoms with E-state index in [1.807, 2.05) is 22.6 Å². The van der Waals surface area contributed by atoms with E-state index >= 15 is 0 Å². The average molecular weight is 320 g/mol. The Hall–Kier alpha value is -1.11. The van der Waals surface area contributed by atoms with Crippen LogP contribution in [0.15, 0.2) is 18.2 Å². The Morgan fingerprint density at radius 2 is 2.00 bits per heavy atom. The predicted octanol–water partition coefficient (Wildman–Crippen LogP) is 2.00. The number of halogens is 1. The summed E-state index contributed by atoms with van der Waals surface area (Å²) in [4.78, 5) is 22.0. The Morgan fingerprint density at radius 1 is 1.33 bits per heavy atom. The molecule has 1 aromatic carbocycles. The molecule has 0 aliphatic heterocycles. The number of hydrogen-bond acceptors (Lipinski definition) is 4. The lowest BCUT2D eigenvalue weighted by atomic mass is 10.2. The van der Waals surface area contributed by atoms with Gasteiger partial charge in [0.25, 0.3) is 0 Å². The molecular formula is C10H9IO4. The van der Waals surface area contributed by atoms with Gasteiger partial charge in [0.15, 0.2) is 0 Å². The third kappa shape index (κ3) is 3.19. The normalized spacial score (nSPS) is 9.53. The Kier molecular flexibility index (Phi) is 4.07. The fraction of sp³-hybridized carbons (Fsp3) is 0.200. The van der Waals surface area contributed by atoms with Crippen LogP contribution in [0.5, 0.6) is 5.75 Å². The van der Waals surface area contributed by atoms with E-state index in [2.05, 4.69) is 4.74 Å². The first-order valence-electron chi connectivity index (χ1n) is 4.11. The number of carbonyl (C=O) groups excluding carboxylic acids is 2. The van der Waals surface area contributed by atoms with Crippen molar-refractivity contribution in [3.8, 4) is 5.75 Å². The van der Waals surface area contributed by atoms with Gasteiger partial charge in [-0.3, -0.25) is 4.79 Å². The minimum atomic E-state index is -0.459. The quantitative estimate of drug-likeness (QED) is 0.475. The zero-order valence-corrected chi connectivity index (χ0v) is 10.4. The molecule has 0 saturated heterocycles. The molecule has 0 atom stereocenters. The topological polar surface area (TPSA) is 52.6 Å². The van der Waals surface area contributed by atoms with E-state index < -0.39 is 11.9 Å². The maximum Gasteiger partial charge on any atom is 0.337 e. The summed E-state index contributed by atoms with van der Waals surface area (Å²) in [5.74, 6) is -0.513. The first-order chi connectivity index (χ1) is 7.04. The van der Waals surface area contributed by atoms with Gasteiger partial charge in [0.05, 0.1) is 16.2 Å². The van der Waals surface area contributed by atoms with Gasteiger partial charge in [0, 0.05) is 6.92 Å². The van der Waals surface area contributed by atoms with Crippen LogP contribution in [0.2, 0.25) is 0 Å². The number of benzene rings is 1. The third-order valence-electron chi connectivity index (χ3n) is 1.61. The molecule has 0 N–H and O–H groups in total. The number of methoxy groups -OCH3 is 1. The van der Waals surface area contributed by atoms with E-state index in [4.69, 9.17) is 4.74 Å². The second-order valence-electron chi connectivity index (χ2n) is 2.73. The van der Waals surface area contributed by atoms with E-state index in [1.165, 1.54) is 20.1 Å².